The monoisotopic (exact) mass is 450 g/mol. The van der Waals surface area contributed by atoms with Crippen molar-refractivity contribution in [2.45, 2.75) is 30.8 Å². The van der Waals surface area contributed by atoms with Crippen molar-refractivity contribution in [3.8, 4) is 11.4 Å². The largest absolute Gasteiger partial charge is 0.480 e. The van der Waals surface area contributed by atoms with Crippen molar-refractivity contribution >= 4 is 16.2 Å². The molecule has 1 fully saturated rings. The van der Waals surface area contributed by atoms with Crippen LogP contribution in [0.4, 0.5) is 0 Å². The third-order valence-electron chi connectivity index (χ3n) is 6.13. The average Bonchev–Trinajstić information content (AvgIpc) is 3.54. The summed E-state index contributed by atoms with van der Waals surface area (Å²) in [6.07, 6.45) is 2.31. The highest BCUT2D eigenvalue weighted by Gasteiger charge is 2.63. The standard InChI is InChI=1S/C23H22N4O4S/c28-22(29)23(13-19(23)16-7-3-1-4-8-16)26-32(30,31)27-12-11-20-18(15-27)14-24-21(25-20)17-9-5-2-6-10-17/h1-10,14,19,26H,11-13,15H2,(H,28,29). The minimum Gasteiger partial charge on any atom is -0.480 e. The van der Waals surface area contributed by atoms with E-state index in [2.05, 4.69) is 14.7 Å². The lowest BCUT2D eigenvalue weighted by Crippen LogP contribution is -2.52. The van der Waals surface area contributed by atoms with Crippen molar-refractivity contribution in [3.05, 3.63) is 83.7 Å². The summed E-state index contributed by atoms with van der Waals surface area (Å²) in [6, 6.07) is 18.7. The van der Waals surface area contributed by atoms with E-state index in [-0.39, 0.29) is 19.5 Å². The highest BCUT2D eigenvalue weighted by Crippen LogP contribution is 2.52. The van der Waals surface area contributed by atoms with Gasteiger partial charge in [-0.2, -0.15) is 17.4 Å². The molecule has 1 aliphatic heterocycles. The van der Waals surface area contributed by atoms with Gasteiger partial charge in [-0.25, -0.2) is 9.97 Å². The molecule has 1 saturated carbocycles. The summed E-state index contributed by atoms with van der Waals surface area (Å²) >= 11 is 0. The van der Waals surface area contributed by atoms with Gasteiger partial charge in [0.05, 0.1) is 5.69 Å². The molecule has 32 heavy (non-hydrogen) atoms. The second-order valence-corrected chi connectivity index (χ2v) is 9.84. The molecule has 2 unspecified atom stereocenters. The molecule has 0 spiro atoms. The van der Waals surface area contributed by atoms with Crippen LogP contribution in [-0.4, -0.2) is 45.9 Å². The molecule has 1 aliphatic carbocycles. The number of nitrogens with one attached hydrogen (secondary N) is 1. The predicted molar refractivity (Wildman–Crippen MR) is 118 cm³/mol. The van der Waals surface area contributed by atoms with E-state index < -0.39 is 27.6 Å². The van der Waals surface area contributed by atoms with E-state index in [0.29, 0.717) is 12.2 Å². The molecule has 2 heterocycles. The molecule has 0 amide bonds. The lowest BCUT2D eigenvalue weighted by atomic mass is 10.1. The Hall–Kier alpha value is -3.14. The molecule has 2 atom stereocenters. The highest BCUT2D eigenvalue weighted by atomic mass is 32.2. The fourth-order valence-corrected chi connectivity index (χ4v) is 5.80. The first-order valence-corrected chi connectivity index (χ1v) is 11.8. The van der Waals surface area contributed by atoms with Crippen molar-refractivity contribution < 1.29 is 18.3 Å². The number of hydrogen-bond donors (Lipinski definition) is 2. The van der Waals surface area contributed by atoms with Gasteiger partial charge in [0.25, 0.3) is 10.2 Å². The quantitative estimate of drug-likeness (QED) is 0.596. The SMILES string of the molecule is O=C(O)C1(NS(=O)(=O)N2CCc3nc(-c4ccccc4)ncc3C2)CC1c1ccccc1. The van der Waals surface area contributed by atoms with Crippen LogP contribution >= 0.6 is 0 Å². The van der Waals surface area contributed by atoms with Crippen LogP contribution in [-0.2, 0) is 28.0 Å². The number of rotatable bonds is 6. The van der Waals surface area contributed by atoms with Gasteiger partial charge in [0.15, 0.2) is 5.82 Å². The average molecular weight is 451 g/mol. The number of nitrogens with zero attached hydrogens (tertiary/aromatic N) is 3. The lowest BCUT2D eigenvalue weighted by molar-refractivity contribution is -0.140. The third-order valence-corrected chi connectivity index (χ3v) is 7.74. The summed E-state index contributed by atoms with van der Waals surface area (Å²) in [5.74, 6) is -0.958. The van der Waals surface area contributed by atoms with Crippen LogP contribution in [0.1, 0.15) is 29.2 Å². The van der Waals surface area contributed by atoms with Gasteiger partial charge in [-0.3, -0.25) is 4.79 Å². The molecule has 2 N–H and O–H groups in total. The van der Waals surface area contributed by atoms with Crippen LogP contribution in [0.3, 0.4) is 0 Å². The van der Waals surface area contributed by atoms with E-state index in [9.17, 15) is 18.3 Å². The summed E-state index contributed by atoms with van der Waals surface area (Å²) in [5.41, 5.74) is 1.72. The van der Waals surface area contributed by atoms with Crippen LogP contribution in [0.15, 0.2) is 66.9 Å². The number of fused-ring (bicyclic) bond motifs is 1. The first-order valence-electron chi connectivity index (χ1n) is 10.4. The van der Waals surface area contributed by atoms with E-state index in [1.807, 2.05) is 60.7 Å². The molecule has 2 aromatic carbocycles. The number of aliphatic carboxylic acids is 1. The van der Waals surface area contributed by atoms with E-state index in [1.54, 1.807) is 6.20 Å². The number of hydrogen-bond acceptors (Lipinski definition) is 5. The molecule has 8 nitrogen and oxygen atoms in total. The summed E-state index contributed by atoms with van der Waals surface area (Å²) in [6.45, 7) is 0.324. The Labute approximate surface area is 186 Å². The summed E-state index contributed by atoms with van der Waals surface area (Å²) in [4.78, 5) is 21.1. The number of aromatic nitrogens is 2. The molecule has 0 bridgehead atoms. The Morgan fingerprint density at radius 2 is 1.78 bits per heavy atom. The van der Waals surface area contributed by atoms with Crippen molar-refractivity contribution in [2.75, 3.05) is 6.54 Å². The fourth-order valence-electron chi connectivity index (χ4n) is 4.26. The van der Waals surface area contributed by atoms with Crippen molar-refractivity contribution in [2.24, 2.45) is 0 Å². The zero-order valence-corrected chi connectivity index (χ0v) is 18.0. The Kier molecular flexibility index (Phi) is 5.04. The van der Waals surface area contributed by atoms with Gasteiger partial charge in [-0.05, 0) is 12.0 Å². The van der Waals surface area contributed by atoms with E-state index >= 15 is 0 Å². The number of benzene rings is 2. The molecule has 3 aromatic rings. The number of carbonyl (C=O) groups is 1. The maximum absolute atomic E-state index is 13.1. The molecule has 2 aliphatic rings. The van der Waals surface area contributed by atoms with Gasteiger partial charge >= 0.3 is 5.97 Å². The predicted octanol–water partition coefficient (Wildman–Crippen LogP) is 2.35. The summed E-state index contributed by atoms with van der Waals surface area (Å²) < 4.78 is 30.0. The Balaban J connectivity index is 1.35. The van der Waals surface area contributed by atoms with E-state index in [1.165, 1.54) is 4.31 Å². The highest BCUT2D eigenvalue weighted by molar-refractivity contribution is 7.87. The van der Waals surface area contributed by atoms with E-state index in [0.717, 1.165) is 22.4 Å². The zero-order chi connectivity index (χ0) is 22.3. The van der Waals surface area contributed by atoms with Crippen LogP contribution in [0, 0.1) is 0 Å². The Morgan fingerprint density at radius 3 is 2.47 bits per heavy atom. The lowest BCUT2D eigenvalue weighted by Gasteiger charge is -2.29. The van der Waals surface area contributed by atoms with Gasteiger partial charge in [0.1, 0.15) is 5.54 Å². The van der Waals surface area contributed by atoms with Gasteiger partial charge < -0.3 is 5.11 Å². The Bertz CT molecular complexity index is 1270. The third kappa shape index (κ3) is 3.68. The minimum absolute atomic E-state index is 0.103. The van der Waals surface area contributed by atoms with E-state index in [4.69, 9.17) is 0 Å². The second-order valence-electron chi connectivity index (χ2n) is 8.17. The number of carboxylic acid groups (broad SMARTS) is 1. The molecule has 0 saturated heterocycles. The van der Waals surface area contributed by atoms with Crippen LogP contribution in [0.2, 0.25) is 0 Å². The Morgan fingerprint density at radius 1 is 1.09 bits per heavy atom. The normalized spacial score (nSPS) is 22.8. The molecule has 1 aromatic heterocycles. The smallest absolute Gasteiger partial charge is 0.325 e. The molecule has 5 rings (SSSR count). The van der Waals surface area contributed by atoms with Gasteiger partial charge in [-0.15, -0.1) is 0 Å². The minimum atomic E-state index is -4.02. The second kappa shape index (κ2) is 7.77. The van der Waals surface area contributed by atoms with Gasteiger partial charge in [0, 0.05) is 42.8 Å². The summed E-state index contributed by atoms with van der Waals surface area (Å²) in [7, 11) is -4.02. The van der Waals surface area contributed by atoms with Crippen LogP contribution < -0.4 is 4.72 Å². The maximum atomic E-state index is 13.1. The van der Waals surface area contributed by atoms with Crippen LogP contribution in [0.25, 0.3) is 11.4 Å². The van der Waals surface area contributed by atoms with Gasteiger partial charge in [0.2, 0.25) is 0 Å². The molecular formula is C23H22N4O4S. The van der Waals surface area contributed by atoms with Crippen molar-refractivity contribution in [3.63, 3.8) is 0 Å². The van der Waals surface area contributed by atoms with Crippen molar-refractivity contribution in [1.82, 2.24) is 19.0 Å². The molecule has 0 radical (unpaired) electrons. The van der Waals surface area contributed by atoms with Crippen molar-refractivity contribution in [1.29, 1.82) is 0 Å². The first-order chi connectivity index (χ1) is 15.4. The molecule has 164 valence electrons. The summed E-state index contributed by atoms with van der Waals surface area (Å²) in [5, 5.41) is 9.83. The zero-order valence-electron chi connectivity index (χ0n) is 17.2. The van der Waals surface area contributed by atoms with Gasteiger partial charge in [-0.1, -0.05) is 60.7 Å². The molecule has 9 heteroatoms. The van der Waals surface area contributed by atoms with Crippen LogP contribution in [0.5, 0.6) is 0 Å². The maximum Gasteiger partial charge on any atom is 0.325 e. The fraction of sp³-hybridized carbons (Fsp3) is 0.261. The topological polar surface area (TPSA) is 112 Å². The number of carboxylic acids is 1. The molecular weight excluding hydrogens is 428 g/mol. The first kappa shape index (κ1) is 20.7.